The number of thioether (sulfide) groups is 1. The number of halogens is 1. The van der Waals surface area contributed by atoms with Crippen LogP contribution < -0.4 is 10.7 Å². The topological polar surface area (TPSA) is 53.5 Å². The van der Waals surface area contributed by atoms with Gasteiger partial charge in [0.1, 0.15) is 5.82 Å². The van der Waals surface area contributed by atoms with Gasteiger partial charge in [-0.15, -0.1) is 0 Å². The molecule has 1 aromatic carbocycles. The molecule has 0 fully saturated rings. The standard InChI is InChI=1S/C11H12FN3OS/c1-2-9-14-15-11(17-9)13-10(16)7-4-3-5-8(12)6-7/h3-6,9,14H,2H2,1H3,(H,13,15,16). The van der Waals surface area contributed by atoms with E-state index in [2.05, 4.69) is 15.8 Å². The van der Waals surface area contributed by atoms with Gasteiger partial charge in [0.05, 0.1) is 5.37 Å². The molecule has 17 heavy (non-hydrogen) atoms. The predicted octanol–water partition coefficient (Wildman–Crippen LogP) is 1.90. The molecule has 1 aliphatic heterocycles. The molecule has 1 unspecified atom stereocenters. The number of carbonyl (C=O) groups is 1. The molecule has 1 aliphatic rings. The zero-order chi connectivity index (χ0) is 12.3. The van der Waals surface area contributed by atoms with E-state index in [0.29, 0.717) is 5.17 Å². The van der Waals surface area contributed by atoms with Gasteiger partial charge in [0, 0.05) is 5.56 Å². The van der Waals surface area contributed by atoms with Crippen LogP contribution in [0.4, 0.5) is 4.39 Å². The third kappa shape index (κ3) is 2.97. The molecule has 1 aromatic rings. The number of nitrogens with zero attached hydrogens (tertiary/aromatic N) is 1. The smallest absolute Gasteiger partial charge is 0.257 e. The lowest BCUT2D eigenvalue weighted by Gasteiger charge is -2.05. The van der Waals surface area contributed by atoms with E-state index >= 15 is 0 Å². The average Bonchev–Trinajstić information content (AvgIpc) is 2.77. The average molecular weight is 253 g/mol. The van der Waals surface area contributed by atoms with Crippen molar-refractivity contribution in [1.82, 2.24) is 10.7 Å². The van der Waals surface area contributed by atoms with Gasteiger partial charge in [-0.25, -0.2) is 4.39 Å². The van der Waals surface area contributed by atoms with E-state index in [-0.39, 0.29) is 16.8 Å². The van der Waals surface area contributed by atoms with Crippen molar-refractivity contribution in [2.24, 2.45) is 5.10 Å². The Morgan fingerprint density at radius 2 is 2.47 bits per heavy atom. The summed E-state index contributed by atoms with van der Waals surface area (Å²) in [5.41, 5.74) is 3.17. The van der Waals surface area contributed by atoms with Crippen molar-refractivity contribution in [3.05, 3.63) is 35.6 Å². The van der Waals surface area contributed by atoms with Crippen molar-refractivity contribution in [2.45, 2.75) is 18.7 Å². The second-order valence-electron chi connectivity index (χ2n) is 3.53. The Hall–Kier alpha value is -1.56. The summed E-state index contributed by atoms with van der Waals surface area (Å²) in [6.07, 6.45) is 0.910. The highest BCUT2D eigenvalue weighted by Crippen LogP contribution is 2.18. The fourth-order valence-electron chi connectivity index (χ4n) is 1.35. The van der Waals surface area contributed by atoms with Gasteiger partial charge >= 0.3 is 0 Å². The van der Waals surface area contributed by atoms with Gasteiger partial charge in [0.25, 0.3) is 5.91 Å². The minimum atomic E-state index is -0.428. The highest BCUT2D eigenvalue weighted by molar-refractivity contribution is 8.14. The molecule has 0 aliphatic carbocycles. The molecule has 6 heteroatoms. The van der Waals surface area contributed by atoms with Crippen LogP contribution in [-0.4, -0.2) is 16.4 Å². The normalized spacial score (nSPS) is 18.5. The Bertz CT molecular complexity index is 464. The van der Waals surface area contributed by atoms with Crippen LogP contribution in [0.25, 0.3) is 0 Å². The summed E-state index contributed by atoms with van der Waals surface area (Å²) in [4.78, 5) is 11.7. The molecule has 0 aromatic heterocycles. The molecular weight excluding hydrogens is 241 g/mol. The number of rotatable bonds is 2. The largest absolute Gasteiger partial charge is 0.300 e. The molecule has 0 saturated heterocycles. The third-order valence-electron chi connectivity index (χ3n) is 2.24. The number of hydrogen-bond donors (Lipinski definition) is 2. The summed E-state index contributed by atoms with van der Waals surface area (Å²) < 4.78 is 12.9. The first-order chi connectivity index (χ1) is 8.19. The maximum absolute atomic E-state index is 12.9. The fraction of sp³-hybridized carbons (Fsp3) is 0.273. The lowest BCUT2D eigenvalue weighted by atomic mass is 10.2. The Labute approximate surface area is 103 Å². The zero-order valence-corrected chi connectivity index (χ0v) is 10.1. The molecule has 2 rings (SSSR count). The highest BCUT2D eigenvalue weighted by Gasteiger charge is 2.19. The van der Waals surface area contributed by atoms with Crippen molar-refractivity contribution >= 4 is 22.8 Å². The lowest BCUT2D eigenvalue weighted by molar-refractivity contribution is 0.0977. The van der Waals surface area contributed by atoms with Gasteiger partial charge in [0.2, 0.25) is 0 Å². The van der Waals surface area contributed by atoms with Crippen molar-refractivity contribution < 1.29 is 9.18 Å². The minimum Gasteiger partial charge on any atom is -0.300 e. The van der Waals surface area contributed by atoms with Crippen LogP contribution in [0.5, 0.6) is 0 Å². The maximum Gasteiger partial charge on any atom is 0.257 e. The third-order valence-corrected chi connectivity index (χ3v) is 3.38. The van der Waals surface area contributed by atoms with E-state index in [4.69, 9.17) is 0 Å². The zero-order valence-electron chi connectivity index (χ0n) is 9.24. The van der Waals surface area contributed by atoms with Gasteiger partial charge in [-0.05, 0) is 24.6 Å². The molecular formula is C11H12FN3OS. The first-order valence-corrected chi connectivity index (χ1v) is 6.14. The number of amidine groups is 1. The molecule has 0 bridgehead atoms. The molecule has 0 saturated carbocycles. The van der Waals surface area contributed by atoms with Gasteiger partial charge in [-0.2, -0.15) is 5.10 Å². The monoisotopic (exact) mass is 253 g/mol. The van der Waals surface area contributed by atoms with E-state index in [0.717, 1.165) is 6.42 Å². The number of nitrogens with one attached hydrogen (secondary N) is 2. The predicted molar refractivity (Wildman–Crippen MR) is 66.1 cm³/mol. The van der Waals surface area contributed by atoms with E-state index in [1.54, 1.807) is 6.07 Å². The Morgan fingerprint density at radius 1 is 1.65 bits per heavy atom. The van der Waals surface area contributed by atoms with Crippen LogP contribution in [-0.2, 0) is 0 Å². The quantitative estimate of drug-likeness (QED) is 0.846. The van der Waals surface area contributed by atoms with Crippen molar-refractivity contribution in [2.75, 3.05) is 0 Å². The van der Waals surface area contributed by atoms with Gasteiger partial charge in [-0.1, -0.05) is 24.8 Å². The highest BCUT2D eigenvalue weighted by atomic mass is 32.2. The second kappa shape index (κ2) is 5.18. The number of benzene rings is 1. The van der Waals surface area contributed by atoms with E-state index in [9.17, 15) is 9.18 Å². The van der Waals surface area contributed by atoms with Crippen LogP contribution in [0.3, 0.4) is 0 Å². The Morgan fingerprint density at radius 3 is 3.12 bits per heavy atom. The van der Waals surface area contributed by atoms with Crippen LogP contribution in [0.2, 0.25) is 0 Å². The van der Waals surface area contributed by atoms with E-state index < -0.39 is 5.82 Å². The second-order valence-corrected chi connectivity index (χ2v) is 4.72. The van der Waals surface area contributed by atoms with Crippen LogP contribution >= 0.6 is 11.8 Å². The minimum absolute atomic E-state index is 0.192. The first-order valence-electron chi connectivity index (χ1n) is 5.26. The molecule has 0 radical (unpaired) electrons. The van der Waals surface area contributed by atoms with E-state index in [1.165, 1.54) is 30.0 Å². The number of amides is 1. The first kappa shape index (κ1) is 11.9. The lowest BCUT2D eigenvalue weighted by Crippen LogP contribution is -2.27. The molecule has 1 atom stereocenters. The molecule has 0 spiro atoms. The SMILES string of the molecule is CCC1NN=C(NC(=O)c2cccc(F)c2)S1. The Kier molecular flexibility index (Phi) is 3.63. The molecule has 1 amide bonds. The van der Waals surface area contributed by atoms with Crippen molar-refractivity contribution in [1.29, 1.82) is 0 Å². The van der Waals surface area contributed by atoms with Crippen molar-refractivity contribution in [3.8, 4) is 0 Å². The summed E-state index contributed by atoms with van der Waals surface area (Å²) >= 11 is 1.45. The van der Waals surface area contributed by atoms with Crippen LogP contribution in [0.1, 0.15) is 23.7 Å². The molecule has 90 valence electrons. The summed E-state index contributed by atoms with van der Waals surface area (Å²) in [5, 5.41) is 7.32. The number of hydrogen-bond acceptors (Lipinski definition) is 4. The van der Waals surface area contributed by atoms with Crippen molar-refractivity contribution in [3.63, 3.8) is 0 Å². The molecule has 1 heterocycles. The number of carbonyl (C=O) groups excluding carboxylic acids is 1. The Balaban J connectivity index is 1.99. The van der Waals surface area contributed by atoms with Gasteiger partial charge < -0.3 is 0 Å². The summed E-state index contributed by atoms with van der Waals surface area (Å²) in [6.45, 7) is 2.03. The summed E-state index contributed by atoms with van der Waals surface area (Å²) in [6, 6.07) is 5.55. The maximum atomic E-state index is 12.9. The summed E-state index contributed by atoms with van der Waals surface area (Å²) in [7, 11) is 0. The van der Waals surface area contributed by atoms with E-state index in [1.807, 2.05) is 6.92 Å². The molecule has 2 N–H and O–H groups in total. The molecule has 4 nitrogen and oxygen atoms in total. The fourth-order valence-corrected chi connectivity index (χ4v) is 2.15. The van der Waals surface area contributed by atoms with Gasteiger partial charge in [0.15, 0.2) is 5.17 Å². The van der Waals surface area contributed by atoms with Crippen LogP contribution in [0.15, 0.2) is 29.4 Å². The van der Waals surface area contributed by atoms with Gasteiger partial charge in [-0.3, -0.25) is 15.5 Å². The number of hydrazone groups is 1. The van der Waals surface area contributed by atoms with Crippen LogP contribution in [0, 0.1) is 5.82 Å². The summed E-state index contributed by atoms with van der Waals surface area (Å²) in [5.74, 6) is -0.780.